The molecule has 0 saturated carbocycles. The number of thiazole rings is 1. The second-order valence-electron chi connectivity index (χ2n) is 6.24. The molecule has 2 atom stereocenters. The van der Waals surface area contributed by atoms with Crippen molar-refractivity contribution in [1.82, 2.24) is 9.88 Å². The van der Waals surface area contributed by atoms with Crippen LogP contribution < -0.4 is 0 Å². The van der Waals surface area contributed by atoms with E-state index in [1.807, 2.05) is 25.1 Å². The number of carbonyl (C=O) groups excluding carboxylic acids is 1. The lowest BCUT2D eigenvalue weighted by molar-refractivity contribution is -0.140. The van der Waals surface area contributed by atoms with Crippen LogP contribution in [0.4, 0.5) is 0 Å². The van der Waals surface area contributed by atoms with Crippen molar-refractivity contribution >= 4 is 33.4 Å². The normalized spacial score (nSPS) is 19.9. The molecule has 1 aliphatic carbocycles. The third-order valence-corrected chi connectivity index (χ3v) is 5.83. The van der Waals surface area contributed by atoms with Gasteiger partial charge in [-0.05, 0) is 31.9 Å². The van der Waals surface area contributed by atoms with Gasteiger partial charge in [0, 0.05) is 19.0 Å². The lowest BCUT2D eigenvalue weighted by atomic mass is 9.82. The van der Waals surface area contributed by atoms with Gasteiger partial charge in [0.25, 0.3) is 0 Å². The molecule has 1 heterocycles. The number of carboxylic acids is 1. The zero-order chi connectivity index (χ0) is 17.8. The molecular weight excluding hydrogens is 336 g/mol. The summed E-state index contributed by atoms with van der Waals surface area (Å²) in [7, 11) is 0. The maximum atomic E-state index is 13.0. The number of rotatable bonds is 6. The first-order valence-electron chi connectivity index (χ1n) is 8.61. The summed E-state index contributed by atoms with van der Waals surface area (Å²) in [6.45, 7) is 2.68. The van der Waals surface area contributed by atoms with E-state index in [2.05, 4.69) is 18.2 Å². The predicted octanol–water partition coefficient (Wildman–Crippen LogP) is 3.67. The van der Waals surface area contributed by atoms with Gasteiger partial charge in [0.05, 0.1) is 27.6 Å². The number of hydrogen-bond acceptors (Lipinski definition) is 4. The number of carboxylic acid groups (broad SMARTS) is 1. The van der Waals surface area contributed by atoms with Crippen molar-refractivity contribution in [2.75, 3.05) is 13.1 Å². The molecule has 1 N–H and O–H groups in total. The van der Waals surface area contributed by atoms with E-state index >= 15 is 0 Å². The van der Waals surface area contributed by atoms with E-state index in [-0.39, 0.29) is 30.7 Å². The third kappa shape index (κ3) is 3.90. The van der Waals surface area contributed by atoms with E-state index in [9.17, 15) is 9.59 Å². The lowest BCUT2D eigenvalue weighted by Crippen LogP contribution is -2.40. The van der Waals surface area contributed by atoms with Crippen molar-refractivity contribution in [2.45, 2.75) is 32.1 Å². The fourth-order valence-corrected chi connectivity index (χ4v) is 4.44. The summed E-state index contributed by atoms with van der Waals surface area (Å²) in [5.41, 5.74) is 0.974. The molecule has 25 heavy (non-hydrogen) atoms. The van der Waals surface area contributed by atoms with Crippen LogP contribution in [-0.2, 0) is 9.59 Å². The van der Waals surface area contributed by atoms with E-state index in [1.165, 1.54) is 0 Å². The van der Waals surface area contributed by atoms with Gasteiger partial charge in [0.2, 0.25) is 5.91 Å². The second-order valence-corrected chi connectivity index (χ2v) is 7.30. The Bertz CT molecular complexity index is 766. The molecule has 6 heteroatoms. The van der Waals surface area contributed by atoms with Gasteiger partial charge in [0.1, 0.15) is 0 Å². The van der Waals surface area contributed by atoms with Gasteiger partial charge >= 0.3 is 5.97 Å². The molecule has 0 spiro atoms. The van der Waals surface area contributed by atoms with E-state index in [4.69, 9.17) is 10.1 Å². The Labute approximate surface area is 151 Å². The molecule has 0 saturated heterocycles. The van der Waals surface area contributed by atoms with Crippen LogP contribution in [0.3, 0.4) is 0 Å². The highest BCUT2D eigenvalue weighted by Crippen LogP contribution is 2.39. The number of aliphatic carboxylic acids is 1. The van der Waals surface area contributed by atoms with Crippen LogP contribution >= 0.6 is 11.3 Å². The Morgan fingerprint density at radius 2 is 2.04 bits per heavy atom. The van der Waals surface area contributed by atoms with E-state index in [1.54, 1.807) is 16.2 Å². The molecule has 132 valence electrons. The quantitative estimate of drug-likeness (QED) is 0.800. The van der Waals surface area contributed by atoms with Gasteiger partial charge in [-0.1, -0.05) is 24.3 Å². The van der Waals surface area contributed by atoms with Crippen molar-refractivity contribution < 1.29 is 14.7 Å². The minimum atomic E-state index is -0.877. The Morgan fingerprint density at radius 1 is 1.28 bits per heavy atom. The number of allylic oxidation sites excluding steroid dienone is 2. The molecular formula is C19H22N2O3S. The topological polar surface area (TPSA) is 70.5 Å². The van der Waals surface area contributed by atoms with Crippen molar-refractivity contribution in [3.63, 3.8) is 0 Å². The average molecular weight is 358 g/mol. The van der Waals surface area contributed by atoms with Gasteiger partial charge in [-0.3, -0.25) is 9.59 Å². The van der Waals surface area contributed by atoms with Crippen LogP contribution in [0.5, 0.6) is 0 Å². The Hall–Kier alpha value is -2.21. The van der Waals surface area contributed by atoms with E-state index in [0.29, 0.717) is 13.0 Å². The molecule has 2 unspecified atom stereocenters. The van der Waals surface area contributed by atoms with Gasteiger partial charge in [0.15, 0.2) is 0 Å². The predicted molar refractivity (Wildman–Crippen MR) is 98.7 cm³/mol. The summed E-state index contributed by atoms with van der Waals surface area (Å²) in [4.78, 5) is 30.3. The van der Waals surface area contributed by atoms with Gasteiger partial charge in [-0.15, -0.1) is 11.3 Å². The summed E-state index contributed by atoms with van der Waals surface area (Å²) in [5.74, 6) is -0.942. The maximum Gasteiger partial charge on any atom is 0.305 e. The number of benzene rings is 1. The summed E-state index contributed by atoms with van der Waals surface area (Å²) in [5, 5.41) is 9.90. The smallest absolute Gasteiger partial charge is 0.305 e. The lowest BCUT2D eigenvalue weighted by Gasteiger charge is -2.31. The molecule has 2 aromatic rings. The summed E-state index contributed by atoms with van der Waals surface area (Å²) in [6.07, 6.45) is 5.63. The van der Waals surface area contributed by atoms with Crippen LogP contribution in [0.1, 0.15) is 37.1 Å². The highest BCUT2D eigenvalue weighted by Gasteiger charge is 2.34. The number of carbonyl (C=O) groups is 2. The van der Waals surface area contributed by atoms with Crippen LogP contribution in [-0.4, -0.2) is 40.0 Å². The minimum Gasteiger partial charge on any atom is -0.481 e. The van der Waals surface area contributed by atoms with E-state index in [0.717, 1.165) is 21.6 Å². The molecule has 1 aromatic carbocycles. The zero-order valence-electron chi connectivity index (χ0n) is 14.2. The molecule has 0 bridgehead atoms. The van der Waals surface area contributed by atoms with E-state index < -0.39 is 5.97 Å². The highest BCUT2D eigenvalue weighted by atomic mass is 32.1. The first kappa shape index (κ1) is 17.6. The standard InChI is InChI=1S/C19H22N2O3S/c1-2-21(12-11-17(22)23)19(24)14-8-4-3-7-13(14)18-20-15-9-5-6-10-16(15)25-18/h3-6,9-10,13-14H,2,7-8,11-12H2,1H3,(H,22,23). The molecule has 0 aliphatic heterocycles. The summed E-state index contributed by atoms with van der Waals surface area (Å²) in [6, 6.07) is 8.02. The molecule has 5 nitrogen and oxygen atoms in total. The molecule has 1 amide bonds. The van der Waals surface area contributed by atoms with Crippen LogP contribution in [0, 0.1) is 5.92 Å². The third-order valence-electron chi connectivity index (χ3n) is 4.67. The highest BCUT2D eigenvalue weighted by molar-refractivity contribution is 7.18. The Balaban J connectivity index is 1.83. The number of para-hydroxylation sites is 1. The van der Waals surface area contributed by atoms with Crippen molar-refractivity contribution in [2.24, 2.45) is 5.92 Å². The zero-order valence-corrected chi connectivity index (χ0v) is 15.0. The maximum absolute atomic E-state index is 13.0. The average Bonchev–Trinajstić information content (AvgIpc) is 3.06. The van der Waals surface area contributed by atoms with Crippen molar-refractivity contribution in [3.8, 4) is 0 Å². The number of amides is 1. The van der Waals surface area contributed by atoms with Crippen molar-refractivity contribution in [3.05, 3.63) is 41.4 Å². The number of aromatic nitrogens is 1. The first-order chi connectivity index (χ1) is 12.1. The molecule has 3 rings (SSSR count). The van der Waals surface area contributed by atoms with Crippen LogP contribution in [0.2, 0.25) is 0 Å². The fraction of sp³-hybridized carbons (Fsp3) is 0.421. The SMILES string of the molecule is CCN(CCC(=O)O)C(=O)C1CC=CCC1c1nc2ccccc2s1. The Kier molecular flexibility index (Phi) is 5.48. The van der Waals surface area contributed by atoms with Crippen LogP contribution in [0.25, 0.3) is 10.2 Å². The number of hydrogen-bond donors (Lipinski definition) is 1. The molecule has 1 aromatic heterocycles. The monoisotopic (exact) mass is 358 g/mol. The fourth-order valence-electron chi connectivity index (χ4n) is 3.30. The van der Waals surface area contributed by atoms with Gasteiger partial charge in [-0.25, -0.2) is 4.98 Å². The molecule has 1 aliphatic rings. The second kappa shape index (κ2) is 7.78. The number of fused-ring (bicyclic) bond motifs is 1. The number of nitrogens with zero attached hydrogens (tertiary/aromatic N) is 2. The largest absolute Gasteiger partial charge is 0.481 e. The minimum absolute atomic E-state index is 0.0199. The molecule has 0 fully saturated rings. The van der Waals surface area contributed by atoms with Crippen molar-refractivity contribution in [1.29, 1.82) is 0 Å². The Morgan fingerprint density at radius 3 is 2.76 bits per heavy atom. The van der Waals surface area contributed by atoms with Gasteiger partial charge < -0.3 is 10.0 Å². The van der Waals surface area contributed by atoms with Gasteiger partial charge in [-0.2, -0.15) is 0 Å². The summed E-state index contributed by atoms with van der Waals surface area (Å²) >= 11 is 1.65. The summed E-state index contributed by atoms with van der Waals surface area (Å²) < 4.78 is 1.14. The first-order valence-corrected chi connectivity index (χ1v) is 9.42. The van der Waals surface area contributed by atoms with Crippen LogP contribution in [0.15, 0.2) is 36.4 Å². The molecule has 0 radical (unpaired) electrons.